The quantitative estimate of drug-likeness (QED) is 0.456. The fourth-order valence-corrected chi connectivity index (χ4v) is 1.83. The van der Waals surface area contributed by atoms with Gasteiger partial charge in [0.15, 0.2) is 0 Å². The molecule has 19 heavy (non-hydrogen) atoms. The van der Waals surface area contributed by atoms with Gasteiger partial charge in [-0.15, -0.1) is 0 Å². The van der Waals surface area contributed by atoms with E-state index in [0.717, 1.165) is 45.8 Å². The average Bonchev–Trinajstić information content (AvgIpc) is 2.45. The number of nitrogens with zero attached hydrogens (tertiary/aromatic N) is 4. The SMILES string of the molecule is O=[N+]([O-])c1cnc(NCCCN2CCOCC2)nc1. The van der Waals surface area contributed by atoms with Crippen LogP contribution in [0.4, 0.5) is 11.6 Å². The topological polar surface area (TPSA) is 93.4 Å². The lowest BCUT2D eigenvalue weighted by Gasteiger charge is -2.26. The highest BCUT2D eigenvalue weighted by Gasteiger charge is 2.09. The van der Waals surface area contributed by atoms with Gasteiger partial charge in [0.25, 0.3) is 0 Å². The maximum absolute atomic E-state index is 10.4. The van der Waals surface area contributed by atoms with Gasteiger partial charge < -0.3 is 10.1 Å². The molecule has 0 saturated carbocycles. The first kappa shape index (κ1) is 13.6. The molecule has 8 nitrogen and oxygen atoms in total. The van der Waals surface area contributed by atoms with E-state index in [1.165, 1.54) is 12.4 Å². The van der Waals surface area contributed by atoms with Crippen LogP contribution in [-0.4, -0.2) is 59.2 Å². The molecule has 1 aliphatic heterocycles. The van der Waals surface area contributed by atoms with Crippen LogP contribution in [0.2, 0.25) is 0 Å². The Morgan fingerprint density at radius 1 is 1.37 bits per heavy atom. The maximum atomic E-state index is 10.4. The predicted octanol–water partition coefficient (Wildman–Crippen LogP) is 0.519. The number of nitrogens with one attached hydrogen (secondary N) is 1. The number of hydrogen-bond donors (Lipinski definition) is 1. The summed E-state index contributed by atoms with van der Waals surface area (Å²) in [5.41, 5.74) is -0.0983. The van der Waals surface area contributed by atoms with Gasteiger partial charge >= 0.3 is 5.69 Å². The minimum absolute atomic E-state index is 0.0983. The molecule has 0 spiro atoms. The summed E-state index contributed by atoms with van der Waals surface area (Å²) in [6.45, 7) is 5.32. The standard InChI is InChI=1S/C11H17N5O3/c17-16(18)10-8-13-11(14-9-10)12-2-1-3-15-4-6-19-7-5-15/h8-9H,1-7H2,(H,12,13,14). The number of anilines is 1. The lowest BCUT2D eigenvalue weighted by atomic mass is 10.3. The van der Waals surface area contributed by atoms with E-state index in [2.05, 4.69) is 20.2 Å². The number of aromatic nitrogens is 2. The molecule has 0 unspecified atom stereocenters. The predicted molar refractivity (Wildman–Crippen MR) is 69.1 cm³/mol. The first-order valence-electron chi connectivity index (χ1n) is 6.26. The Labute approximate surface area is 110 Å². The number of nitro groups is 1. The molecule has 8 heteroatoms. The summed E-state index contributed by atoms with van der Waals surface area (Å²) in [7, 11) is 0. The summed E-state index contributed by atoms with van der Waals surface area (Å²) in [5.74, 6) is 0.424. The molecular weight excluding hydrogens is 250 g/mol. The molecule has 1 N–H and O–H groups in total. The van der Waals surface area contributed by atoms with Gasteiger partial charge in [-0.05, 0) is 13.0 Å². The van der Waals surface area contributed by atoms with Gasteiger partial charge in [-0.25, -0.2) is 9.97 Å². The Morgan fingerprint density at radius 2 is 2.05 bits per heavy atom. The normalized spacial score (nSPS) is 16.2. The zero-order valence-electron chi connectivity index (χ0n) is 10.6. The third-order valence-corrected chi connectivity index (χ3v) is 2.89. The van der Waals surface area contributed by atoms with Crippen molar-refractivity contribution >= 4 is 11.6 Å². The van der Waals surface area contributed by atoms with Crippen molar-refractivity contribution in [2.45, 2.75) is 6.42 Å². The molecule has 0 amide bonds. The van der Waals surface area contributed by atoms with Gasteiger partial charge in [-0.3, -0.25) is 15.0 Å². The van der Waals surface area contributed by atoms with Gasteiger partial charge in [-0.2, -0.15) is 0 Å². The second-order valence-electron chi connectivity index (χ2n) is 4.26. The van der Waals surface area contributed by atoms with E-state index < -0.39 is 4.92 Å². The lowest BCUT2D eigenvalue weighted by molar-refractivity contribution is -0.385. The Bertz CT molecular complexity index is 405. The van der Waals surface area contributed by atoms with Crippen molar-refractivity contribution in [2.24, 2.45) is 0 Å². The van der Waals surface area contributed by atoms with E-state index in [-0.39, 0.29) is 5.69 Å². The fraction of sp³-hybridized carbons (Fsp3) is 0.636. The van der Waals surface area contributed by atoms with Crippen LogP contribution in [0.5, 0.6) is 0 Å². The summed E-state index contributed by atoms with van der Waals surface area (Å²) in [5, 5.41) is 13.5. The molecule has 0 atom stereocenters. The monoisotopic (exact) mass is 267 g/mol. The van der Waals surface area contributed by atoms with E-state index in [0.29, 0.717) is 5.95 Å². The molecule has 1 aromatic rings. The summed E-state index contributed by atoms with van der Waals surface area (Å²) in [4.78, 5) is 20.0. The van der Waals surface area contributed by atoms with Crippen LogP contribution in [0.1, 0.15) is 6.42 Å². The number of rotatable bonds is 6. The Morgan fingerprint density at radius 3 is 2.68 bits per heavy atom. The van der Waals surface area contributed by atoms with Crippen LogP contribution < -0.4 is 5.32 Å². The van der Waals surface area contributed by atoms with Gasteiger partial charge in [0, 0.05) is 19.6 Å². The van der Waals surface area contributed by atoms with Crippen molar-refractivity contribution in [3.8, 4) is 0 Å². The van der Waals surface area contributed by atoms with Crippen LogP contribution >= 0.6 is 0 Å². The third kappa shape index (κ3) is 4.42. The molecule has 0 bridgehead atoms. The molecule has 2 heterocycles. The van der Waals surface area contributed by atoms with Crippen molar-refractivity contribution in [3.05, 3.63) is 22.5 Å². The molecule has 0 radical (unpaired) electrons. The number of morpholine rings is 1. The van der Waals surface area contributed by atoms with Crippen molar-refractivity contribution in [2.75, 3.05) is 44.7 Å². The number of ether oxygens (including phenoxy) is 1. The number of hydrogen-bond acceptors (Lipinski definition) is 7. The Hall–Kier alpha value is -1.80. The molecule has 1 fully saturated rings. The van der Waals surface area contributed by atoms with Gasteiger partial charge in [0.05, 0.1) is 18.1 Å². The minimum Gasteiger partial charge on any atom is -0.379 e. The average molecular weight is 267 g/mol. The molecule has 1 saturated heterocycles. The fourth-order valence-electron chi connectivity index (χ4n) is 1.83. The Balaban J connectivity index is 1.66. The van der Waals surface area contributed by atoms with E-state index in [1.807, 2.05) is 0 Å². The summed E-state index contributed by atoms with van der Waals surface area (Å²) in [6, 6.07) is 0. The highest BCUT2D eigenvalue weighted by atomic mass is 16.6. The van der Waals surface area contributed by atoms with Crippen molar-refractivity contribution in [1.82, 2.24) is 14.9 Å². The van der Waals surface area contributed by atoms with E-state index >= 15 is 0 Å². The van der Waals surface area contributed by atoms with Crippen molar-refractivity contribution in [1.29, 1.82) is 0 Å². The van der Waals surface area contributed by atoms with Crippen LogP contribution in [0.25, 0.3) is 0 Å². The highest BCUT2D eigenvalue weighted by Crippen LogP contribution is 2.08. The van der Waals surface area contributed by atoms with Gasteiger partial charge in [0.1, 0.15) is 12.4 Å². The van der Waals surface area contributed by atoms with Crippen LogP contribution in [0.3, 0.4) is 0 Å². The van der Waals surface area contributed by atoms with E-state index in [4.69, 9.17) is 4.74 Å². The summed E-state index contributed by atoms with van der Waals surface area (Å²) < 4.78 is 5.27. The van der Waals surface area contributed by atoms with Crippen molar-refractivity contribution in [3.63, 3.8) is 0 Å². The molecule has 2 rings (SSSR count). The molecule has 0 aromatic carbocycles. The van der Waals surface area contributed by atoms with E-state index in [9.17, 15) is 10.1 Å². The zero-order chi connectivity index (χ0) is 13.5. The highest BCUT2D eigenvalue weighted by molar-refractivity contribution is 5.30. The second-order valence-corrected chi connectivity index (χ2v) is 4.26. The molecule has 0 aliphatic carbocycles. The smallest absolute Gasteiger partial charge is 0.305 e. The summed E-state index contributed by atoms with van der Waals surface area (Å²) >= 11 is 0. The van der Waals surface area contributed by atoms with Gasteiger partial charge in [0.2, 0.25) is 5.95 Å². The maximum Gasteiger partial charge on any atom is 0.305 e. The van der Waals surface area contributed by atoms with Crippen molar-refractivity contribution < 1.29 is 9.66 Å². The zero-order valence-corrected chi connectivity index (χ0v) is 10.6. The first-order chi connectivity index (χ1) is 9.25. The molecule has 1 aliphatic rings. The van der Waals surface area contributed by atoms with Crippen LogP contribution in [-0.2, 0) is 4.74 Å². The largest absolute Gasteiger partial charge is 0.379 e. The minimum atomic E-state index is -0.512. The molecule has 1 aromatic heterocycles. The Kier molecular flexibility index (Phi) is 4.99. The van der Waals surface area contributed by atoms with Crippen LogP contribution in [0, 0.1) is 10.1 Å². The third-order valence-electron chi connectivity index (χ3n) is 2.89. The van der Waals surface area contributed by atoms with Crippen LogP contribution in [0.15, 0.2) is 12.4 Å². The molecule has 104 valence electrons. The lowest BCUT2D eigenvalue weighted by Crippen LogP contribution is -2.37. The van der Waals surface area contributed by atoms with E-state index in [1.54, 1.807) is 0 Å². The first-order valence-corrected chi connectivity index (χ1v) is 6.26. The van der Waals surface area contributed by atoms with Gasteiger partial charge in [-0.1, -0.05) is 0 Å². The summed E-state index contributed by atoms with van der Waals surface area (Å²) in [6.07, 6.45) is 3.38. The molecular formula is C11H17N5O3. The second kappa shape index (κ2) is 6.95.